The highest BCUT2D eigenvalue weighted by Gasteiger charge is 2.24. The van der Waals surface area contributed by atoms with Crippen LogP contribution in [0.5, 0.6) is 0 Å². The highest BCUT2D eigenvalue weighted by Crippen LogP contribution is 2.20. The second kappa shape index (κ2) is 10.8. The number of ether oxygens (including phenoxy) is 1. The topological polar surface area (TPSA) is 49.9 Å². The van der Waals surface area contributed by atoms with E-state index in [0.29, 0.717) is 32.6 Å². The molecule has 1 aliphatic heterocycles. The fourth-order valence-electron chi connectivity index (χ4n) is 4.70. The maximum absolute atomic E-state index is 12.7. The molecule has 1 saturated heterocycles. The van der Waals surface area contributed by atoms with Crippen molar-refractivity contribution >= 4 is 22.6 Å². The highest BCUT2D eigenvalue weighted by atomic mass is 16.5. The number of aryl methyl sites for hydroxylation is 1. The summed E-state index contributed by atoms with van der Waals surface area (Å²) in [5, 5.41) is 2.44. The van der Waals surface area contributed by atoms with E-state index in [4.69, 9.17) is 4.74 Å². The van der Waals surface area contributed by atoms with Crippen LogP contribution in [-0.2, 0) is 20.7 Å². The second-order valence-electron chi connectivity index (χ2n) is 8.87. The Morgan fingerprint density at radius 1 is 0.806 bits per heavy atom. The van der Waals surface area contributed by atoms with E-state index in [0.717, 1.165) is 19.3 Å². The van der Waals surface area contributed by atoms with Crippen molar-refractivity contribution in [1.82, 2.24) is 9.80 Å². The Kier molecular flexibility index (Phi) is 7.57. The van der Waals surface area contributed by atoms with Crippen molar-refractivity contribution in [2.24, 2.45) is 0 Å². The Bertz CT molecular complexity index is 881. The molecule has 4 rings (SSSR count). The van der Waals surface area contributed by atoms with Crippen molar-refractivity contribution < 1.29 is 14.3 Å². The molecule has 0 aromatic heterocycles. The summed E-state index contributed by atoms with van der Waals surface area (Å²) in [4.78, 5) is 28.9. The Morgan fingerprint density at radius 3 is 2.16 bits per heavy atom. The van der Waals surface area contributed by atoms with Crippen LogP contribution in [0.1, 0.15) is 50.5 Å². The summed E-state index contributed by atoms with van der Waals surface area (Å²) in [6.45, 7) is 2.63. The lowest BCUT2D eigenvalue weighted by molar-refractivity contribution is -0.144. The van der Waals surface area contributed by atoms with E-state index in [1.54, 1.807) is 0 Å². The molecule has 0 radical (unpaired) electrons. The number of rotatable bonds is 6. The smallest absolute Gasteiger partial charge is 0.248 e. The van der Waals surface area contributed by atoms with Gasteiger partial charge in [-0.15, -0.1) is 0 Å². The van der Waals surface area contributed by atoms with Crippen LogP contribution in [0.3, 0.4) is 0 Å². The minimum absolute atomic E-state index is 0.0625. The molecule has 0 bridgehead atoms. The molecule has 5 nitrogen and oxygen atoms in total. The van der Waals surface area contributed by atoms with Crippen LogP contribution in [0.15, 0.2) is 42.5 Å². The van der Waals surface area contributed by atoms with Gasteiger partial charge in [0.2, 0.25) is 11.8 Å². The largest absolute Gasteiger partial charge is 0.368 e. The predicted molar refractivity (Wildman–Crippen MR) is 123 cm³/mol. The van der Waals surface area contributed by atoms with Gasteiger partial charge in [-0.1, -0.05) is 68.1 Å². The van der Waals surface area contributed by atoms with Gasteiger partial charge in [-0.2, -0.15) is 0 Å². The zero-order valence-electron chi connectivity index (χ0n) is 18.4. The molecule has 2 aromatic carbocycles. The molecule has 1 aliphatic carbocycles. The number of hydrogen-bond donors (Lipinski definition) is 0. The Morgan fingerprint density at radius 2 is 1.45 bits per heavy atom. The van der Waals surface area contributed by atoms with Gasteiger partial charge in [0.05, 0.1) is 6.10 Å². The average Bonchev–Trinajstić information content (AvgIpc) is 3.10. The summed E-state index contributed by atoms with van der Waals surface area (Å²) in [6, 6.07) is 14.7. The molecule has 166 valence electrons. The second-order valence-corrected chi connectivity index (χ2v) is 8.87. The molecular formula is C26H34N2O3. The van der Waals surface area contributed by atoms with Crippen LogP contribution in [0.2, 0.25) is 0 Å². The van der Waals surface area contributed by atoms with Crippen molar-refractivity contribution in [2.75, 3.05) is 32.8 Å². The zero-order chi connectivity index (χ0) is 21.5. The molecule has 5 heteroatoms. The molecule has 1 heterocycles. The first-order valence-electron chi connectivity index (χ1n) is 11.8. The third kappa shape index (κ3) is 6.07. The fraction of sp³-hybridized carbons (Fsp3) is 0.538. The van der Waals surface area contributed by atoms with E-state index in [-0.39, 0.29) is 24.5 Å². The van der Waals surface area contributed by atoms with Crippen LogP contribution < -0.4 is 0 Å². The molecule has 0 unspecified atom stereocenters. The normalized spacial score (nSPS) is 18.2. The van der Waals surface area contributed by atoms with Crippen molar-refractivity contribution in [2.45, 2.75) is 57.5 Å². The molecule has 31 heavy (non-hydrogen) atoms. The Labute approximate surface area is 185 Å². The van der Waals surface area contributed by atoms with Crippen LogP contribution >= 0.6 is 0 Å². The van der Waals surface area contributed by atoms with Crippen LogP contribution in [-0.4, -0.2) is 60.5 Å². The van der Waals surface area contributed by atoms with E-state index >= 15 is 0 Å². The summed E-state index contributed by atoms with van der Waals surface area (Å²) in [6.07, 6.45) is 8.63. The monoisotopic (exact) mass is 422 g/mol. The summed E-state index contributed by atoms with van der Waals surface area (Å²) in [5.41, 5.74) is 1.19. The lowest BCUT2D eigenvalue weighted by Gasteiger charge is -2.35. The summed E-state index contributed by atoms with van der Waals surface area (Å²) in [5.74, 6) is 0.238. The molecular weight excluding hydrogens is 388 g/mol. The fourth-order valence-corrected chi connectivity index (χ4v) is 4.70. The molecule has 0 spiro atoms. The first-order chi connectivity index (χ1) is 15.2. The third-order valence-corrected chi connectivity index (χ3v) is 6.67. The van der Waals surface area contributed by atoms with Crippen molar-refractivity contribution in [3.05, 3.63) is 48.0 Å². The van der Waals surface area contributed by atoms with Crippen LogP contribution in [0.25, 0.3) is 10.8 Å². The van der Waals surface area contributed by atoms with Crippen molar-refractivity contribution in [1.29, 1.82) is 0 Å². The van der Waals surface area contributed by atoms with E-state index in [2.05, 4.69) is 30.3 Å². The van der Waals surface area contributed by atoms with Crippen LogP contribution in [0.4, 0.5) is 0 Å². The average molecular weight is 423 g/mol. The minimum atomic E-state index is 0.0625. The van der Waals surface area contributed by atoms with E-state index < -0.39 is 0 Å². The maximum atomic E-state index is 12.7. The van der Waals surface area contributed by atoms with E-state index in [1.165, 1.54) is 42.0 Å². The summed E-state index contributed by atoms with van der Waals surface area (Å²) >= 11 is 0. The van der Waals surface area contributed by atoms with Gasteiger partial charge in [0, 0.05) is 32.6 Å². The summed E-state index contributed by atoms with van der Waals surface area (Å²) in [7, 11) is 0. The van der Waals surface area contributed by atoms with E-state index in [1.807, 2.05) is 21.9 Å². The molecule has 2 aliphatic rings. The van der Waals surface area contributed by atoms with Gasteiger partial charge < -0.3 is 14.5 Å². The number of carbonyl (C=O) groups is 2. The number of nitrogens with zero attached hydrogens (tertiary/aromatic N) is 2. The SMILES string of the molecule is O=C(CCc1ccc2ccccc2c1)N1CCN(C(=O)COC2CCCCCC2)CC1. The highest BCUT2D eigenvalue weighted by molar-refractivity contribution is 5.83. The molecule has 2 aromatic rings. The molecule has 0 atom stereocenters. The van der Waals surface area contributed by atoms with Gasteiger partial charge in [-0.25, -0.2) is 0 Å². The number of hydrogen-bond acceptors (Lipinski definition) is 3. The Hall–Kier alpha value is -2.40. The number of amides is 2. The molecule has 2 fully saturated rings. The van der Waals surface area contributed by atoms with Gasteiger partial charge in [-0.3, -0.25) is 9.59 Å². The number of carbonyl (C=O) groups excluding carboxylic acids is 2. The van der Waals surface area contributed by atoms with Gasteiger partial charge in [0.1, 0.15) is 6.61 Å². The first kappa shape index (κ1) is 21.8. The van der Waals surface area contributed by atoms with Gasteiger partial charge in [0.25, 0.3) is 0 Å². The minimum Gasteiger partial charge on any atom is -0.368 e. The third-order valence-electron chi connectivity index (χ3n) is 6.67. The quantitative estimate of drug-likeness (QED) is 0.656. The first-order valence-corrected chi connectivity index (χ1v) is 11.8. The number of fused-ring (bicyclic) bond motifs is 1. The van der Waals surface area contributed by atoms with Crippen molar-refractivity contribution in [3.8, 4) is 0 Å². The lowest BCUT2D eigenvalue weighted by atomic mass is 10.0. The van der Waals surface area contributed by atoms with Gasteiger partial charge in [-0.05, 0) is 35.6 Å². The zero-order valence-corrected chi connectivity index (χ0v) is 18.4. The van der Waals surface area contributed by atoms with E-state index in [9.17, 15) is 9.59 Å². The van der Waals surface area contributed by atoms with Gasteiger partial charge in [0.15, 0.2) is 0 Å². The predicted octanol–water partition coefficient (Wildman–Crippen LogP) is 4.18. The molecule has 1 saturated carbocycles. The number of benzene rings is 2. The van der Waals surface area contributed by atoms with Crippen molar-refractivity contribution in [3.63, 3.8) is 0 Å². The Balaban J connectivity index is 1.18. The number of piperazine rings is 1. The summed E-state index contributed by atoms with van der Waals surface area (Å²) < 4.78 is 5.90. The van der Waals surface area contributed by atoms with Crippen LogP contribution in [0, 0.1) is 0 Å². The standard InChI is InChI=1S/C26H34N2O3/c29-25(14-12-21-11-13-22-7-5-6-8-23(22)19-21)27-15-17-28(18-16-27)26(30)20-31-24-9-3-1-2-4-10-24/h5-8,11,13,19,24H,1-4,9-10,12,14-18,20H2. The molecule has 0 N–H and O–H groups in total. The molecule has 2 amide bonds. The van der Waals surface area contributed by atoms with Gasteiger partial charge >= 0.3 is 0 Å². The lowest BCUT2D eigenvalue weighted by Crippen LogP contribution is -2.51. The maximum Gasteiger partial charge on any atom is 0.248 e.